The number of ether oxygens (including phenoxy) is 2. The smallest absolute Gasteiger partial charge is 0.137 e. The van der Waals surface area contributed by atoms with Crippen LogP contribution >= 0.6 is 11.6 Å². The van der Waals surface area contributed by atoms with Crippen molar-refractivity contribution >= 4 is 11.6 Å². The molecule has 4 nitrogen and oxygen atoms in total. The van der Waals surface area contributed by atoms with Crippen molar-refractivity contribution < 1.29 is 9.47 Å². The van der Waals surface area contributed by atoms with Crippen molar-refractivity contribution in [2.24, 2.45) is 0 Å². The van der Waals surface area contributed by atoms with E-state index in [1.807, 2.05) is 24.3 Å². The summed E-state index contributed by atoms with van der Waals surface area (Å²) in [4.78, 5) is 5.01. The van der Waals surface area contributed by atoms with Gasteiger partial charge in [0.2, 0.25) is 0 Å². The van der Waals surface area contributed by atoms with Gasteiger partial charge in [-0.1, -0.05) is 23.7 Å². The van der Waals surface area contributed by atoms with Crippen molar-refractivity contribution in [2.75, 3.05) is 52.5 Å². The Hall–Kier alpha value is -0.810. The highest BCUT2D eigenvalue weighted by Gasteiger charge is 2.21. The first-order chi connectivity index (χ1) is 11.3. The molecule has 1 aromatic carbocycles. The summed E-state index contributed by atoms with van der Waals surface area (Å²) in [6, 6.07) is 7.66. The first-order valence-electron chi connectivity index (χ1n) is 8.75. The SMILES string of the molecule is Clc1ccccc1OCCN1CCN(CC2CCCCO2)CC1. The van der Waals surface area contributed by atoms with Gasteiger partial charge in [0.05, 0.1) is 11.1 Å². The minimum Gasteiger partial charge on any atom is -0.491 e. The molecule has 0 amide bonds. The van der Waals surface area contributed by atoms with Crippen molar-refractivity contribution in [1.29, 1.82) is 0 Å². The normalized spacial score (nSPS) is 23.8. The lowest BCUT2D eigenvalue weighted by molar-refractivity contribution is -0.0146. The van der Waals surface area contributed by atoms with Gasteiger partial charge in [-0.15, -0.1) is 0 Å². The third kappa shape index (κ3) is 5.35. The zero-order valence-corrected chi connectivity index (χ0v) is 14.5. The van der Waals surface area contributed by atoms with Crippen LogP contribution in [-0.2, 0) is 4.74 Å². The van der Waals surface area contributed by atoms with Crippen LogP contribution in [0, 0.1) is 0 Å². The molecule has 0 radical (unpaired) electrons. The van der Waals surface area contributed by atoms with Gasteiger partial charge in [0.15, 0.2) is 0 Å². The molecule has 0 saturated carbocycles. The summed E-state index contributed by atoms with van der Waals surface area (Å²) < 4.78 is 11.6. The van der Waals surface area contributed by atoms with E-state index in [0.29, 0.717) is 17.7 Å². The first-order valence-corrected chi connectivity index (χ1v) is 9.13. The fourth-order valence-electron chi connectivity index (χ4n) is 3.28. The van der Waals surface area contributed by atoms with Crippen molar-refractivity contribution in [2.45, 2.75) is 25.4 Å². The van der Waals surface area contributed by atoms with Crippen LogP contribution in [0.2, 0.25) is 5.02 Å². The van der Waals surface area contributed by atoms with E-state index in [1.165, 1.54) is 19.3 Å². The quantitative estimate of drug-likeness (QED) is 0.796. The summed E-state index contributed by atoms with van der Waals surface area (Å²) in [6.07, 6.45) is 4.24. The second-order valence-electron chi connectivity index (χ2n) is 6.41. The second kappa shape index (κ2) is 8.88. The maximum absolute atomic E-state index is 6.10. The molecule has 23 heavy (non-hydrogen) atoms. The summed E-state index contributed by atoms with van der Waals surface area (Å²) in [5.74, 6) is 0.780. The van der Waals surface area contributed by atoms with E-state index in [9.17, 15) is 0 Å². The summed E-state index contributed by atoms with van der Waals surface area (Å²) in [5, 5.41) is 0.685. The van der Waals surface area contributed by atoms with E-state index in [-0.39, 0.29) is 0 Å². The number of benzene rings is 1. The van der Waals surface area contributed by atoms with Crippen LogP contribution in [0.4, 0.5) is 0 Å². The number of nitrogens with zero attached hydrogens (tertiary/aromatic N) is 2. The largest absolute Gasteiger partial charge is 0.491 e. The van der Waals surface area contributed by atoms with Crippen LogP contribution < -0.4 is 4.74 Å². The lowest BCUT2D eigenvalue weighted by atomic mass is 10.1. The first kappa shape index (κ1) is 17.0. The number of halogens is 1. The van der Waals surface area contributed by atoms with Crippen LogP contribution in [0.15, 0.2) is 24.3 Å². The van der Waals surface area contributed by atoms with E-state index in [1.54, 1.807) is 0 Å². The summed E-state index contributed by atoms with van der Waals surface area (Å²) >= 11 is 6.10. The number of hydrogen-bond acceptors (Lipinski definition) is 4. The molecule has 1 aromatic rings. The van der Waals surface area contributed by atoms with Crippen molar-refractivity contribution in [1.82, 2.24) is 9.80 Å². The summed E-state index contributed by atoms with van der Waals surface area (Å²) in [6.45, 7) is 8.18. The fourth-order valence-corrected chi connectivity index (χ4v) is 3.47. The van der Waals surface area contributed by atoms with Gasteiger partial charge in [-0.3, -0.25) is 9.80 Å². The molecule has 2 fully saturated rings. The highest BCUT2D eigenvalue weighted by atomic mass is 35.5. The van der Waals surface area contributed by atoms with Gasteiger partial charge < -0.3 is 9.47 Å². The predicted octanol–water partition coefficient (Wildman–Crippen LogP) is 2.91. The van der Waals surface area contributed by atoms with Crippen LogP contribution in [-0.4, -0.2) is 68.4 Å². The van der Waals surface area contributed by atoms with Gasteiger partial charge in [0.1, 0.15) is 12.4 Å². The third-order valence-electron chi connectivity index (χ3n) is 4.70. The molecule has 2 saturated heterocycles. The Morgan fingerprint density at radius 2 is 1.87 bits per heavy atom. The van der Waals surface area contributed by atoms with Crippen LogP contribution in [0.5, 0.6) is 5.75 Å². The van der Waals surface area contributed by atoms with E-state index >= 15 is 0 Å². The molecule has 2 aliphatic rings. The maximum Gasteiger partial charge on any atom is 0.137 e. The number of rotatable bonds is 6. The highest BCUT2D eigenvalue weighted by Crippen LogP contribution is 2.23. The van der Waals surface area contributed by atoms with Gasteiger partial charge >= 0.3 is 0 Å². The molecule has 1 atom stereocenters. The Balaban J connectivity index is 1.32. The summed E-state index contributed by atoms with van der Waals surface area (Å²) in [7, 11) is 0. The van der Waals surface area contributed by atoms with Gasteiger partial charge in [-0.2, -0.15) is 0 Å². The van der Waals surface area contributed by atoms with Gasteiger partial charge in [-0.25, -0.2) is 0 Å². The minimum atomic E-state index is 0.457. The molecule has 0 bridgehead atoms. The van der Waals surface area contributed by atoms with Crippen LogP contribution in [0.1, 0.15) is 19.3 Å². The Bertz CT molecular complexity index is 472. The molecule has 2 aliphatic heterocycles. The molecule has 0 spiro atoms. The number of para-hydroxylation sites is 1. The monoisotopic (exact) mass is 338 g/mol. The lowest BCUT2D eigenvalue weighted by Crippen LogP contribution is -2.49. The molecule has 1 unspecified atom stereocenters. The minimum absolute atomic E-state index is 0.457. The van der Waals surface area contributed by atoms with E-state index in [0.717, 1.165) is 51.6 Å². The van der Waals surface area contributed by atoms with E-state index in [4.69, 9.17) is 21.1 Å². The molecule has 5 heteroatoms. The van der Waals surface area contributed by atoms with Crippen molar-refractivity contribution in [3.05, 3.63) is 29.3 Å². The standard InChI is InChI=1S/C18H27ClN2O2/c19-17-6-1-2-7-18(17)23-14-12-20-8-10-21(11-9-20)15-16-5-3-4-13-22-16/h1-2,6-7,16H,3-5,8-15H2. The van der Waals surface area contributed by atoms with E-state index in [2.05, 4.69) is 9.80 Å². The Labute approximate surface area is 144 Å². The number of piperazine rings is 1. The Morgan fingerprint density at radius 3 is 2.61 bits per heavy atom. The summed E-state index contributed by atoms with van der Waals surface area (Å²) in [5.41, 5.74) is 0. The van der Waals surface area contributed by atoms with E-state index < -0.39 is 0 Å². The van der Waals surface area contributed by atoms with Gasteiger partial charge in [0.25, 0.3) is 0 Å². The lowest BCUT2D eigenvalue weighted by Gasteiger charge is -2.37. The Kier molecular flexibility index (Phi) is 6.57. The van der Waals surface area contributed by atoms with Crippen molar-refractivity contribution in [3.63, 3.8) is 0 Å². The molecular weight excluding hydrogens is 312 g/mol. The van der Waals surface area contributed by atoms with Crippen LogP contribution in [0.3, 0.4) is 0 Å². The fraction of sp³-hybridized carbons (Fsp3) is 0.667. The molecule has 0 aromatic heterocycles. The van der Waals surface area contributed by atoms with Crippen molar-refractivity contribution in [3.8, 4) is 5.75 Å². The molecule has 0 aliphatic carbocycles. The zero-order valence-electron chi connectivity index (χ0n) is 13.8. The highest BCUT2D eigenvalue weighted by molar-refractivity contribution is 6.32. The predicted molar refractivity (Wildman–Crippen MR) is 93.4 cm³/mol. The van der Waals surface area contributed by atoms with Gasteiger partial charge in [0, 0.05) is 45.9 Å². The average molecular weight is 339 g/mol. The van der Waals surface area contributed by atoms with Gasteiger partial charge in [-0.05, 0) is 31.4 Å². The molecule has 128 valence electrons. The maximum atomic E-state index is 6.10. The molecular formula is C18H27ClN2O2. The third-order valence-corrected chi connectivity index (χ3v) is 5.01. The average Bonchev–Trinajstić information content (AvgIpc) is 2.59. The number of hydrogen-bond donors (Lipinski definition) is 0. The molecule has 0 N–H and O–H groups in total. The van der Waals surface area contributed by atoms with Crippen LogP contribution in [0.25, 0.3) is 0 Å². The molecule has 3 rings (SSSR count). The zero-order chi connectivity index (χ0) is 15.9. The topological polar surface area (TPSA) is 24.9 Å². The molecule has 2 heterocycles. The Morgan fingerprint density at radius 1 is 1.09 bits per heavy atom. The second-order valence-corrected chi connectivity index (χ2v) is 6.82.